The van der Waals surface area contributed by atoms with Crippen LogP contribution in [0.25, 0.3) is 16.6 Å². The van der Waals surface area contributed by atoms with Crippen molar-refractivity contribution in [3.05, 3.63) is 88.5 Å². The molecule has 9 heteroatoms. The van der Waals surface area contributed by atoms with Crippen molar-refractivity contribution in [3.63, 3.8) is 0 Å². The lowest BCUT2D eigenvalue weighted by atomic mass is 10.2. The second kappa shape index (κ2) is 10.6. The summed E-state index contributed by atoms with van der Waals surface area (Å²) < 4.78 is 25.4. The van der Waals surface area contributed by atoms with Crippen LogP contribution in [0.5, 0.6) is 11.5 Å². The first kappa shape index (κ1) is 24.3. The van der Waals surface area contributed by atoms with Gasteiger partial charge in [0.2, 0.25) is 5.91 Å². The van der Waals surface area contributed by atoms with Crippen molar-refractivity contribution in [2.45, 2.75) is 11.7 Å². The summed E-state index contributed by atoms with van der Waals surface area (Å²) in [5.74, 6) is 0.589. The maximum Gasteiger partial charge on any atom is 0.266 e. The molecule has 1 amide bonds. The molecule has 0 radical (unpaired) electrons. The Hall–Kier alpha value is -3.85. The fraction of sp³-hybridized carbons (Fsp3) is 0.192. The number of ether oxygens (including phenoxy) is 2. The molecule has 180 valence electrons. The molecule has 0 aliphatic rings. The minimum atomic E-state index is -0.325. The minimum absolute atomic E-state index is 0.0652. The highest BCUT2D eigenvalue weighted by Crippen LogP contribution is 2.30. The van der Waals surface area contributed by atoms with E-state index < -0.39 is 0 Å². The van der Waals surface area contributed by atoms with Gasteiger partial charge in [0.05, 0.1) is 36.6 Å². The number of aromatic nitrogens is 2. The molecule has 0 aliphatic carbocycles. The van der Waals surface area contributed by atoms with Gasteiger partial charge in [0.1, 0.15) is 5.82 Å². The Morgan fingerprint density at radius 3 is 2.46 bits per heavy atom. The minimum Gasteiger partial charge on any atom is -0.493 e. The van der Waals surface area contributed by atoms with E-state index in [1.807, 2.05) is 6.07 Å². The Bertz CT molecular complexity index is 1420. The van der Waals surface area contributed by atoms with Crippen molar-refractivity contribution in [3.8, 4) is 17.2 Å². The number of methoxy groups -OCH3 is 2. The molecule has 4 aromatic rings. The van der Waals surface area contributed by atoms with E-state index in [9.17, 15) is 14.0 Å². The highest BCUT2D eigenvalue weighted by atomic mass is 32.2. The first-order chi connectivity index (χ1) is 16.9. The topological polar surface area (TPSA) is 73.7 Å². The summed E-state index contributed by atoms with van der Waals surface area (Å²) >= 11 is 1.17. The van der Waals surface area contributed by atoms with E-state index in [1.54, 1.807) is 60.5 Å². The number of thioether (sulfide) groups is 1. The molecule has 0 bridgehead atoms. The van der Waals surface area contributed by atoms with Gasteiger partial charge in [-0.15, -0.1) is 0 Å². The number of amides is 1. The van der Waals surface area contributed by atoms with Crippen LogP contribution in [0.2, 0.25) is 0 Å². The van der Waals surface area contributed by atoms with Crippen LogP contribution in [0.15, 0.2) is 76.7 Å². The number of carbonyl (C=O) groups is 1. The summed E-state index contributed by atoms with van der Waals surface area (Å²) in [7, 11) is 4.74. The highest BCUT2D eigenvalue weighted by molar-refractivity contribution is 7.99. The zero-order chi connectivity index (χ0) is 24.9. The molecule has 4 rings (SSSR count). The Labute approximate surface area is 206 Å². The van der Waals surface area contributed by atoms with Gasteiger partial charge in [-0.1, -0.05) is 36.0 Å². The predicted octanol–water partition coefficient (Wildman–Crippen LogP) is 4.29. The molecule has 0 spiro atoms. The number of hydrogen-bond donors (Lipinski definition) is 0. The Balaban J connectivity index is 1.66. The van der Waals surface area contributed by atoms with Crippen LogP contribution in [0, 0.1) is 5.82 Å². The quantitative estimate of drug-likeness (QED) is 0.269. The molecule has 35 heavy (non-hydrogen) atoms. The van der Waals surface area contributed by atoms with Gasteiger partial charge in [0, 0.05) is 19.7 Å². The monoisotopic (exact) mass is 493 g/mol. The number of hydrogen-bond acceptors (Lipinski definition) is 6. The molecule has 0 atom stereocenters. The third kappa shape index (κ3) is 5.30. The van der Waals surface area contributed by atoms with Crippen LogP contribution in [-0.4, -0.2) is 47.4 Å². The van der Waals surface area contributed by atoms with Gasteiger partial charge in [-0.05, 0) is 42.0 Å². The van der Waals surface area contributed by atoms with Crippen LogP contribution in [0.3, 0.4) is 0 Å². The fourth-order valence-corrected chi connectivity index (χ4v) is 4.54. The normalized spacial score (nSPS) is 10.9. The van der Waals surface area contributed by atoms with Crippen LogP contribution in [-0.2, 0) is 11.3 Å². The summed E-state index contributed by atoms with van der Waals surface area (Å²) in [6.07, 6.45) is 0. The summed E-state index contributed by atoms with van der Waals surface area (Å²) in [5.41, 5.74) is 1.65. The average Bonchev–Trinajstić information content (AvgIpc) is 2.88. The molecule has 7 nitrogen and oxygen atoms in total. The van der Waals surface area contributed by atoms with Crippen molar-refractivity contribution < 1.29 is 18.7 Å². The SMILES string of the molecule is COc1ccc(-n2c(SCC(=O)N(C)Cc3ccc(F)cc3)nc3ccccc3c2=O)cc1OC. The second-order valence-corrected chi connectivity index (χ2v) is 8.70. The van der Waals surface area contributed by atoms with E-state index >= 15 is 0 Å². The van der Waals surface area contributed by atoms with Crippen molar-refractivity contribution in [1.29, 1.82) is 0 Å². The molecule has 0 saturated carbocycles. The first-order valence-electron chi connectivity index (χ1n) is 10.8. The lowest BCUT2D eigenvalue weighted by Gasteiger charge is -2.18. The molecule has 1 aromatic heterocycles. The number of carbonyl (C=O) groups excluding carboxylic acids is 1. The summed E-state index contributed by atoms with van der Waals surface area (Å²) in [4.78, 5) is 32.5. The average molecular weight is 494 g/mol. The van der Waals surface area contributed by atoms with Crippen molar-refractivity contribution in [2.75, 3.05) is 27.0 Å². The lowest BCUT2D eigenvalue weighted by Crippen LogP contribution is -2.28. The third-order valence-corrected chi connectivity index (χ3v) is 6.38. The number of benzene rings is 3. The van der Waals surface area contributed by atoms with Crippen molar-refractivity contribution >= 4 is 28.6 Å². The van der Waals surface area contributed by atoms with Gasteiger partial charge >= 0.3 is 0 Å². The summed E-state index contributed by atoms with van der Waals surface area (Å²) in [5, 5.41) is 0.843. The number of nitrogens with zero attached hydrogens (tertiary/aromatic N) is 3. The summed E-state index contributed by atoms with van der Waals surface area (Å²) in [6.45, 7) is 0.341. The van der Waals surface area contributed by atoms with Crippen LogP contribution in [0.1, 0.15) is 5.56 Å². The van der Waals surface area contributed by atoms with Crippen LogP contribution in [0.4, 0.5) is 4.39 Å². The Kier molecular flexibility index (Phi) is 7.36. The van der Waals surface area contributed by atoms with E-state index in [0.29, 0.717) is 39.8 Å². The van der Waals surface area contributed by atoms with Crippen molar-refractivity contribution in [1.82, 2.24) is 14.5 Å². The van der Waals surface area contributed by atoms with E-state index in [-0.39, 0.29) is 23.0 Å². The molecule has 3 aromatic carbocycles. The van der Waals surface area contributed by atoms with Gasteiger partial charge in [0.25, 0.3) is 5.56 Å². The number of para-hydroxylation sites is 1. The zero-order valence-corrected chi connectivity index (χ0v) is 20.3. The van der Waals surface area contributed by atoms with E-state index in [2.05, 4.69) is 4.98 Å². The van der Waals surface area contributed by atoms with Crippen LogP contribution < -0.4 is 15.0 Å². The lowest BCUT2D eigenvalue weighted by molar-refractivity contribution is -0.127. The first-order valence-corrected chi connectivity index (χ1v) is 11.7. The number of fused-ring (bicyclic) bond motifs is 1. The molecule has 0 fully saturated rings. The molecule has 1 heterocycles. The predicted molar refractivity (Wildman–Crippen MR) is 134 cm³/mol. The van der Waals surface area contributed by atoms with Gasteiger partial charge < -0.3 is 14.4 Å². The third-order valence-electron chi connectivity index (χ3n) is 5.45. The molecule has 0 aliphatic heterocycles. The van der Waals surface area contributed by atoms with Gasteiger partial charge in [-0.2, -0.15) is 0 Å². The van der Waals surface area contributed by atoms with E-state index in [4.69, 9.17) is 9.47 Å². The van der Waals surface area contributed by atoms with Gasteiger partial charge in [-0.3, -0.25) is 14.2 Å². The maximum absolute atomic E-state index is 13.5. The van der Waals surface area contributed by atoms with Crippen molar-refractivity contribution in [2.24, 2.45) is 0 Å². The molecular weight excluding hydrogens is 469 g/mol. The Morgan fingerprint density at radius 2 is 1.74 bits per heavy atom. The van der Waals surface area contributed by atoms with Gasteiger partial charge in [0.15, 0.2) is 16.7 Å². The molecule has 0 saturated heterocycles. The molecule has 0 N–H and O–H groups in total. The smallest absolute Gasteiger partial charge is 0.266 e. The van der Waals surface area contributed by atoms with Gasteiger partial charge in [-0.25, -0.2) is 9.37 Å². The molecular formula is C26H24FN3O4S. The fourth-order valence-electron chi connectivity index (χ4n) is 3.59. The largest absolute Gasteiger partial charge is 0.493 e. The van der Waals surface area contributed by atoms with E-state index in [1.165, 1.54) is 42.7 Å². The standard InChI is InChI=1S/C26H24FN3O4S/c1-29(15-17-8-10-18(27)11-9-17)24(31)16-35-26-28-21-7-5-4-6-20(21)25(32)30(26)19-12-13-22(33-2)23(14-19)34-3/h4-14H,15-16H2,1-3H3. The summed E-state index contributed by atoms with van der Waals surface area (Å²) in [6, 6.07) is 18.3. The number of rotatable bonds is 8. The van der Waals surface area contributed by atoms with Crippen LogP contribution >= 0.6 is 11.8 Å². The number of halogens is 1. The zero-order valence-electron chi connectivity index (χ0n) is 19.5. The maximum atomic E-state index is 13.5. The Morgan fingerprint density at radius 1 is 1.03 bits per heavy atom. The second-order valence-electron chi connectivity index (χ2n) is 7.76. The van der Waals surface area contributed by atoms with E-state index in [0.717, 1.165) is 5.56 Å². The highest BCUT2D eigenvalue weighted by Gasteiger charge is 2.18. The molecule has 0 unspecified atom stereocenters.